The molecule has 2 aromatic carbocycles. The highest BCUT2D eigenvalue weighted by Gasteiger charge is 2.17. The molecule has 104 valence electrons. The van der Waals surface area contributed by atoms with Crippen LogP contribution in [0.15, 0.2) is 41.2 Å². The highest BCUT2D eigenvalue weighted by Crippen LogP contribution is 2.33. The average Bonchev–Trinajstić information content (AvgIpc) is 2.56. The van der Waals surface area contributed by atoms with Gasteiger partial charge in [-0.15, -0.1) is 0 Å². The van der Waals surface area contributed by atoms with Gasteiger partial charge in [0, 0.05) is 10.9 Å². The van der Waals surface area contributed by atoms with Crippen molar-refractivity contribution in [1.29, 1.82) is 10.5 Å². The second-order valence-electron chi connectivity index (χ2n) is 4.62. The number of fused-ring (bicyclic) bond motifs is 1. The number of hydrogen-bond acceptors (Lipinski definition) is 5. The lowest BCUT2D eigenvalue weighted by molar-refractivity contribution is 1.02. The topological polar surface area (TPSA) is 119 Å². The van der Waals surface area contributed by atoms with E-state index in [9.17, 15) is 10.1 Å². The van der Waals surface area contributed by atoms with Crippen molar-refractivity contribution in [3.63, 3.8) is 0 Å². The highest BCUT2D eigenvalue weighted by molar-refractivity contribution is 6.01. The van der Waals surface area contributed by atoms with Crippen LogP contribution in [-0.4, -0.2) is 10.2 Å². The zero-order valence-corrected chi connectivity index (χ0v) is 11.3. The summed E-state index contributed by atoms with van der Waals surface area (Å²) in [4.78, 5) is 11.7. The molecule has 1 heterocycles. The van der Waals surface area contributed by atoms with Crippen LogP contribution in [0.25, 0.3) is 22.0 Å². The number of aromatic amines is 1. The van der Waals surface area contributed by atoms with Crippen LogP contribution in [-0.2, 0) is 0 Å². The Morgan fingerprint density at radius 2 is 1.77 bits per heavy atom. The fourth-order valence-electron chi connectivity index (χ4n) is 2.39. The number of hydrogen-bond donors (Lipinski definition) is 2. The number of nitrogens with one attached hydrogen (secondary N) is 1. The predicted molar refractivity (Wildman–Crippen MR) is 81.6 cm³/mol. The van der Waals surface area contributed by atoms with Gasteiger partial charge < -0.3 is 5.73 Å². The molecule has 0 saturated heterocycles. The summed E-state index contributed by atoms with van der Waals surface area (Å²) in [5.41, 5.74) is 7.38. The van der Waals surface area contributed by atoms with Crippen LogP contribution in [0.2, 0.25) is 0 Å². The number of aromatic nitrogens is 2. The van der Waals surface area contributed by atoms with Crippen LogP contribution in [0.3, 0.4) is 0 Å². The minimum absolute atomic E-state index is 0.0917. The van der Waals surface area contributed by atoms with Crippen LogP contribution in [0, 0.1) is 22.7 Å². The third kappa shape index (κ3) is 1.88. The summed E-state index contributed by atoms with van der Waals surface area (Å²) in [5.74, 6) is 0. The van der Waals surface area contributed by atoms with Gasteiger partial charge >= 0.3 is 0 Å². The third-order valence-electron chi connectivity index (χ3n) is 3.41. The van der Waals surface area contributed by atoms with E-state index < -0.39 is 5.56 Å². The van der Waals surface area contributed by atoms with E-state index in [0.29, 0.717) is 11.1 Å². The molecular formula is C16H9N5O. The fourth-order valence-corrected chi connectivity index (χ4v) is 2.39. The van der Waals surface area contributed by atoms with E-state index in [2.05, 4.69) is 16.3 Å². The normalized spacial score (nSPS) is 10.1. The molecule has 0 amide bonds. The maximum atomic E-state index is 11.7. The van der Waals surface area contributed by atoms with E-state index in [1.165, 1.54) is 0 Å². The Bertz CT molecular complexity index is 1020. The third-order valence-corrected chi connectivity index (χ3v) is 3.41. The standard InChI is InChI=1S/C16H9N5O/c17-7-11-10(9-4-2-1-3-5-9)6-13-14(15(11)19)12(8-18)16(22)21-20-13/h1-6H,19H2,(H,21,22). The van der Waals surface area contributed by atoms with E-state index >= 15 is 0 Å². The molecule has 3 aromatic rings. The van der Waals surface area contributed by atoms with Crippen molar-refractivity contribution in [1.82, 2.24) is 10.2 Å². The number of nitriles is 2. The largest absolute Gasteiger partial charge is 0.397 e. The number of anilines is 1. The second-order valence-corrected chi connectivity index (χ2v) is 4.62. The Balaban J connectivity index is 2.50. The summed E-state index contributed by atoms with van der Waals surface area (Å²) < 4.78 is 0. The molecule has 3 N–H and O–H groups in total. The van der Waals surface area contributed by atoms with Gasteiger partial charge in [-0.2, -0.15) is 15.6 Å². The maximum absolute atomic E-state index is 11.7. The minimum Gasteiger partial charge on any atom is -0.397 e. The zero-order chi connectivity index (χ0) is 15.7. The molecule has 0 atom stereocenters. The Kier molecular flexibility index (Phi) is 3.06. The van der Waals surface area contributed by atoms with Gasteiger partial charge in [0.1, 0.15) is 17.7 Å². The molecule has 22 heavy (non-hydrogen) atoms. The molecule has 0 spiro atoms. The van der Waals surface area contributed by atoms with Crippen molar-refractivity contribution in [2.24, 2.45) is 0 Å². The first-order valence-electron chi connectivity index (χ1n) is 6.38. The molecular weight excluding hydrogens is 278 g/mol. The summed E-state index contributed by atoms with van der Waals surface area (Å²) in [6.45, 7) is 0. The molecule has 0 saturated carbocycles. The van der Waals surface area contributed by atoms with Crippen molar-refractivity contribution in [3.8, 4) is 23.3 Å². The smallest absolute Gasteiger partial charge is 0.282 e. The molecule has 6 heteroatoms. The van der Waals surface area contributed by atoms with Crippen molar-refractivity contribution in [2.75, 3.05) is 5.73 Å². The first-order chi connectivity index (χ1) is 10.7. The van der Waals surface area contributed by atoms with Crippen molar-refractivity contribution >= 4 is 16.6 Å². The highest BCUT2D eigenvalue weighted by atomic mass is 16.1. The van der Waals surface area contributed by atoms with Gasteiger partial charge in [-0.1, -0.05) is 30.3 Å². The van der Waals surface area contributed by atoms with E-state index in [0.717, 1.165) is 5.56 Å². The second kappa shape index (κ2) is 5.04. The summed E-state index contributed by atoms with van der Waals surface area (Å²) in [6, 6.07) is 14.8. The molecule has 3 rings (SSSR count). The first-order valence-corrected chi connectivity index (χ1v) is 6.38. The lowest BCUT2D eigenvalue weighted by Gasteiger charge is -2.10. The average molecular weight is 287 g/mol. The van der Waals surface area contributed by atoms with Gasteiger partial charge in [0.2, 0.25) is 0 Å². The molecule has 0 bridgehead atoms. The van der Waals surface area contributed by atoms with E-state index in [1.54, 1.807) is 6.07 Å². The molecule has 0 aliphatic rings. The predicted octanol–water partition coefficient (Wildman–Crippen LogP) is 1.92. The monoisotopic (exact) mass is 287 g/mol. The lowest BCUT2D eigenvalue weighted by Crippen LogP contribution is -2.14. The minimum atomic E-state index is -0.627. The van der Waals surface area contributed by atoms with Crippen molar-refractivity contribution in [2.45, 2.75) is 0 Å². The van der Waals surface area contributed by atoms with Gasteiger partial charge in [-0.3, -0.25) is 4.79 Å². The molecule has 1 aromatic heterocycles. The maximum Gasteiger partial charge on any atom is 0.282 e. The van der Waals surface area contributed by atoms with E-state index in [4.69, 9.17) is 11.0 Å². The molecule has 0 radical (unpaired) electrons. The number of nitrogen functional groups attached to an aromatic ring is 1. The molecule has 0 fully saturated rings. The van der Waals surface area contributed by atoms with Crippen LogP contribution in [0.1, 0.15) is 11.1 Å². The Morgan fingerprint density at radius 3 is 2.41 bits per heavy atom. The number of nitrogens with zero attached hydrogens (tertiary/aromatic N) is 3. The summed E-state index contributed by atoms with van der Waals surface area (Å²) in [6.07, 6.45) is 0. The SMILES string of the molecule is N#Cc1c(-c2ccccc2)cc2n[nH]c(=O)c(C#N)c2c1N. The van der Waals surface area contributed by atoms with Gasteiger partial charge in [0.05, 0.1) is 16.8 Å². The van der Waals surface area contributed by atoms with E-state index in [1.807, 2.05) is 36.4 Å². The van der Waals surface area contributed by atoms with Crippen LogP contribution in [0.5, 0.6) is 0 Å². The Labute approximate surface area is 125 Å². The Morgan fingerprint density at radius 1 is 1.09 bits per heavy atom. The van der Waals surface area contributed by atoms with Crippen molar-refractivity contribution in [3.05, 3.63) is 57.9 Å². The van der Waals surface area contributed by atoms with Crippen LogP contribution in [0.4, 0.5) is 5.69 Å². The van der Waals surface area contributed by atoms with Crippen LogP contribution < -0.4 is 11.3 Å². The van der Waals surface area contributed by atoms with Gasteiger partial charge in [-0.05, 0) is 11.6 Å². The summed E-state index contributed by atoms with van der Waals surface area (Å²) >= 11 is 0. The quantitative estimate of drug-likeness (QED) is 0.662. The fraction of sp³-hybridized carbons (Fsp3) is 0. The number of nitrogens with two attached hydrogens (primary N) is 1. The van der Waals surface area contributed by atoms with Crippen molar-refractivity contribution < 1.29 is 0 Å². The molecule has 6 nitrogen and oxygen atoms in total. The Hall–Kier alpha value is -3.64. The summed E-state index contributed by atoms with van der Waals surface area (Å²) in [7, 11) is 0. The molecule has 0 unspecified atom stereocenters. The van der Waals surface area contributed by atoms with Gasteiger partial charge in [-0.25, -0.2) is 5.10 Å². The van der Waals surface area contributed by atoms with Gasteiger partial charge in [0.25, 0.3) is 5.56 Å². The molecule has 0 aliphatic carbocycles. The first kappa shape index (κ1) is 13.3. The van der Waals surface area contributed by atoms with Gasteiger partial charge in [0.15, 0.2) is 0 Å². The number of benzene rings is 2. The van der Waals surface area contributed by atoms with E-state index in [-0.39, 0.29) is 22.2 Å². The zero-order valence-electron chi connectivity index (χ0n) is 11.3. The number of rotatable bonds is 1. The molecule has 0 aliphatic heterocycles. The lowest BCUT2D eigenvalue weighted by atomic mass is 9.95. The summed E-state index contributed by atoms with van der Waals surface area (Å²) in [5, 5.41) is 25.0. The number of H-pyrrole nitrogens is 1. The van der Waals surface area contributed by atoms with Crippen LogP contribution >= 0.6 is 0 Å².